The van der Waals surface area contributed by atoms with E-state index in [9.17, 15) is 19.2 Å². The lowest BCUT2D eigenvalue weighted by atomic mass is 9.95. The van der Waals surface area contributed by atoms with E-state index in [1.165, 1.54) is 38.7 Å². The van der Waals surface area contributed by atoms with Gasteiger partial charge in [0.15, 0.2) is 27.8 Å². The molecule has 4 rings (SSSR count). The molecule has 0 aliphatic carbocycles. The number of hydrogen-bond acceptors (Lipinski definition) is 11. The largest absolute Gasteiger partial charge is 0.493 e. The van der Waals surface area contributed by atoms with Crippen LogP contribution in [0.3, 0.4) is 0 Å². The topological polar surface area (TPSA) is 132 Å². The molecule has 1 atom stereocenters. The van der Waals surface area contributed by atoms with Gasteiger partial charge in [0, 0.05) is 13.8 Å². The van der Waals surface area contributed by atoms with Crippen molar-refractivity contribution in [3.8, 4) is 23.0 Å². The van der Waals surface area contributed by atoms with Gasteiger partial charge in [-0.15, -0.1) is 0 Å². The van der Waals surface area contributed by atoms with Crippen LogP contribution in [0.25, 0.3) is 6.08 Å². The molecule has 3 aromatic rings. The maximum absolute atomic E-state index is 13.9. The number of ether oxygens (including phenoxy) is 5. The van der Waals surface area contributed by atoms with E-state index in [4.69, 9.17) is 23.7 Å². The second-order valence-corrected chi connectivity index (χ2v) is 9.82. The van der Waals surface area contributed by atoms with Gasteiger partial charge in [-0.2, -0.15) is 0 Å². The minimum atomic E-state index is -0.897. The SMILES string of the molecule is CCOc1cc(/C=c2/sc3n(c2=O)[C@H](c2ccc(OC(C)=O)c(OC)c2)C(C(=O)OC)=C(C)N=3)ccc1OC(C)=O. The van der Waals surface area contributed by atoms with Crippen LogP contribution in [0.15, 0.2) is 57.5 Å². The van der Waals surface area contributed by atoms with Crippen LogP contribution in [-0.4, -0.2) is 43.3 Å². The third kappa shape index (κ3) is 6.07. The maximum atomic E-state index is 13.9. The van der Waals surface area contributed by atoms with Gasteiger partial charge >= 0.3 is 17.9 Å². The van der Waals surface area contributed by atoms with Gasteiger partial charge in [0.2, 0.25) is 0 Å². The Morgan fingerprint density at radius 2 is 1.63 bits per heavy atom. The molecular weight excluding hydrogens is 552 g/mol. The van der Waals surface area contributed by atoms with Gasteiger partial charge < -0.3 is 23.7 Å². The quantitative estimate of drug-likeness (QED) is 0.291. The Morgan fingerprint density at radius 3 is 2.24 bits per heavy atom. The standard InChI is InChI=1S/C29H28N2O9S/c1-7-38-23-12-18(8-10-21(23)40-17(4)33)13-24-27(34)31-26(25(28(35)37-6)15(2)30-29(31)41-24)19-9-11-20(39-16(3)32)22(14-19)36-5/h8-14,26H,7H2,1-6H3/b24-13+/t26-/m1/s1. The highest BCUT2D eigenvalue weighted by Gasteiger charge is 2.33. The third-order valence-electron chi connectivity index (χ3n) is 6.00. The zero-order chi connectivity index (χ0) is 29.8. The Hall–Kier alpha value is -4.71. The number of fused-ring (bicyclic) bond motifs is 1. The minimum absolute atomic E-state index is 0.179. The van der Waals surface area contributed by atoms with Crippen LogP contribution in [0, 0.1) is 0 Å². The molecule has 0 fully saturated rings. The summed E-state index contributed by atoms with van der Waals surface area (Å²) < 4.78 is 28.3. The molecule has 1 aliphatic heterocycles. The summed E-state index contributed by atoms with van der Waals surface area (Å²) in [5.74, 6) is -0.595. The van der Waals surface area contributed by atoms with Crippen LogP contribution in [0.2, 0.25) is 0 Å². The molecule has 11 nitrogen and oxygen atoms in total. The zero-order valence-electron chi connectivity index (χ0n) is 23.3. The second kappa shape index (κ2) is 12.2. The van der Waals surface area contributed by atoms with Crippen molar-refractivity contribution in [3.05, 3.63) is 78.5 Å². The van der Waals surface area contributed by atoms with Crippen LogP contribution in [0.4, 0.5) is 0 Å². The molecule has 214 valence electrons. The first-order chi connectivity index (χ1) is 19.6. The Kier molecular flexibility index (Phi) is 8.72. The van der Waals surface area contributed by atoms with E-state index in [-0.39, 0.29) is 22.8 Å². The van der Waals surface area contributed by atoms with Gasteiger partial charge in [-0.25, -0.2) is 9.79 Å². The molecule has 2 heterocycles. The fourth-order valence-electron chi connectivity index (χ4n) is 4.37. The van der Waals surface area contributed by atoms with Gasteiger partial charge in [-0.05, 0) is 55.3 Å². The number of hydrogen-bond donors (Lipinski definition) is 0. The summed E-state index contributed by atoms with van der Waals surface area (Å²) in [5.41, 5.74) is 1.32. The number of aromatic nitrogens is 1. The third-order valence-corrected chi connectivity index (χ3v) is 6.99. The number of carbonyl (C=O) groups is 3. The van der Waals surface area contributed by atoms with Crippen LogP contribution >= 0.6 is 11.3 Å². The molecule has 0 bridgehead atoms. The molecule has 0 saturated heterocycles. The number of carbonyl (C=O) groups excluding carboxylic acids is 3. The highest BCUT2D eigenvalue weighted by Crippen LogP contribution is 2.36. The van der Waals surface area contributed by atoms with E-state index >= 15 is 0 Å². The summed E-state index contributed by atoms with van der Waals surface area (Å²) in [5, 5.41) is 0. The number of nitrogens with zero attached hydrogens (tertiary/aromatic N) is 2. The average molecular weight is 581 g/mol. The van der Waals surface area contributed by atoms with Gasteiger partial charge in [0.05, 0.1) is 42.7 Å². The normalized spacial score (nSPS) is 14.6. The summed E-state index contributed by atoms with van der Waals surface area (Å²) in [6, 6.07) is 8.84. The van der Waals surface area contributed by atoms with Crippen molar-refractivity contribution < 1.29 is 38.1 Å². The van der Waals surface area contributed by atoms with Gasteiger partial charge in [0.25, 0.3) is 5.56 Å². The Labute approximate surface area is 238 Å². The molecule has 41 heavy (non-hydrogen) atoms. The first kappa shape index (κ1) is 29.3. The van der Waals surface area contributed by atoms with E-state index in [0.29, 0.717) is 38.5 Å². The Morgan fingerprint density at radius 1 is 0.976 bits per heavy atom. The number of methoxy groups -OCH3 is 2. The van der Waals surface area contributed by atoms with E-state index in [2.05, 4.69) is 4.99 Å². The van der Waals surface area contributed by atoms with Crippen LogP contribution < -0.4 is 33.8 Å². The monoisotopic (exact) mass is 580 g/mol. The lowest BCUT2D eigenvalue weighted by Gasteiger charge is -2.25. The molecule has 0 unspecified atom stereocenters. The fourth-order valence-corrected chi connectivity index (χ4v) is 5.42. The number of rotatable bonds is 8. The number of esters is 3. The smallest absolute Gasteiger partial charge is 0.338 e. The maximum Gasteiger partial charge on any atom is 0.338 e. The molecule has 1 aromatic heterocycles. The van der Waals surface area contributed by atoms with Gasteiger partial charge in [-0.3, -0.25) is 19.0 Å². The van der Waals surface area contributed by atoms with E-state index in [1.807, 2.05) is 0 Å². The molecular formula is C29H28N2O9S. The molecule has 0 N–H and O–H groups in total. The first-order valence-corrected chi connectivity index (χ1v) is 13.3. The molecule has 2 aromatic carbocycles. The van der Waals surface area contributed by atoms with E-state index < -0.39 is 29.5 Å². The van der Waals surface area contributed by atoms with Crippen molar-refractivity contribution in [3.63, 3.8) is 0 Å². The average Bonchev–Trinajstić information content (AvgIpc) is 3.22. The zero-order valence-corrected chi connectivity index (χ0v) is 24.1. The Bertz CT molecular complexity index is 1750. The van der Waals surface area contributed by atoms with Crippen molar-refractivity contribution in [1.29, 1.82) is 0 Å². The van der Waals surface area contributed by atoms with E-state index in [1.54, 1.807) is 50.3 Å². The summed E-state index contributed by atoms with van der Waals surface area (Å²) >= 11 is 1.15. The van der Waals surface area contributed by atoms with Crippen molar-refractivity contribution in [2.24, 2.45) is 4.99 Å². The van der Waals surface area contributed by atoms with Crippen molar-refractivity contribution in [2.45, 2.75) is 33.7 Å². The number of benzene rings is 2. The van der Waals surface area contributed by atoms with Crippen LogP contribution in [0.1, 0.15) is 44.9 Å². The van der Waals surface area contributed by atoms with Crippen molar-refractivity contribution >= 4 is 35.3 Å². The number of allylic oxidation sites excluding steroid dienone is 1. The molecule has 0 spiro atoms. The highest BCUT2D eigenvalue weighted by molar-refractivity contribution is 7.07. The summed E-state index contributed by atoms with van der Waals surface area (Å²) in [7, 11) is 2.67. The first-order valence-electron chi connectivity index (χ1n) is 12.5. The van der Waals surface area contributed by atoms with E-state index in [0.717, 1.165) is 11.3 Å². The lowest BCUT2D eigenvalue weighted by Crippen LogP contribution is -2.39. The minimum Gasteiger partial charge on any atom is -0.493 e. The van der Waals surface area contributed by atoms with Crippen molar-refractivity contribution in [2.75, 3.05) is 20.8 Å². The van der Waals surface area contributed by atoms with Gasteiger partial charge in [-0.1, -0.05) is 23.5 Å². The van der Waals surface area contributed by atoms with Crippen molar-refractivity contribution in [1.82, 2.24) is 4.57 Å². The van der Waals surface area contributed by atoms with Crippen LogP contribution in [-0.2, 0) is 19.1 Å². The molecule has 1 aliphatic rings. The highest BCUT2D eigenvalue weighted by atomic mass is 32.1. The summed E-state index contributed by atoms with van der Waals surface area (Å²) in [6.45, 7) is 6.38. The van der Waals surface area contributed by atoms with Crippen LogP contribution in [0.5, 0.6) is 23.0 Å². The molecule has 0 saturated carbocycles. The van der Waals surface area contributed by atoms with Gasteiger partial charge in [0.1, 0.15) is 0 Å². The second-order valence-electron chi connectivity index (χ2n) is 8.81. The molecule has 0 radical (unpaired) electrons. The molecule has 12 heteroatoms. The number of thiazole rings is 1. The Balaban J connectivity index is 1.90. The fraction of sp³-hybridized carbons (Fsp3) is 0.276. The molecule has 0 amide bonds. The summed E-state index contributed by atoms with van der Waals surface area (Å²) in [6.07, 6.45) is 1.67. The predicted molar refractivity (Wildman–Crippen MR) is 149 cm³/mol. The lowest BCUT2D eigenvalue weighted by molar-refractivity contribution is -0.136. The predicted octanol–water partition coefficient (Wildman–Crippen LogP) is 2.67. The summed E-state index contributed by atoms with van der Waals surface area (Å²) in [4.78, 5) is 54.7.